The second-order valence-corrected chi connectivity index (χ2v) is 9.99. The number of benzene rings is 2. The summed E-state index contributed by atoms with van der Waals surface area (Å²) in [6.07, 6.45) is 2.46. The zero-order valence-electron chi connectivity index (χ0n) is 19.5. The maximum absolute atomic E-state index is 12.7. The summed E-state index contributed by atoms with van der Waals surface area (Å²) in [5, 5.41) is 2.77. The number of amidine groups is 1. The van der Waals surface area contributed by atoms with E-state index < -0.39 is 10.0 Å². The Bertz CT molecular complexity index is 1110. The molecule has 0 atom stereocenters. The van der Waals surface area contributed by atoms with Gasteiger partial charge in [-0.25, -0.2) is 0 Å². The molecule has 1 heterocycles. The molecule has 178 valence electrons. The van der Waals surface area contributed by atoms with Gasteiger partial charge in [0, 0.05) is 31.3 Å². The third-order valence-corrected chi connectivity index (χ3v) is 6.67. The number of ether oxygens (including phenoxy) is 2. The highest BCUT2D eigenvalue weighted by atomic mass is 32.2. The summed E-state index contributed by atoms with van der Waals surface area (Å²) in [5.41, 5.74) is 0.872. The summed E-state index contributed by atoms with van der Waals surface area (Å²) in [6.45, 7) is 5.61. The molecule has 2 aromatic rings. The molecule has 1 saturated heterocycles. The molecule has 1 amide bonds. The summed E-state index contributed by atoms with van der Waals surface area (Å²) in [4.78, 5) is 14.6. The number of hydrogen-bond donors (Lipinski definition) is 1. The van der Waals surface area contributed by atoms with Crippen LogP contribution >= 0.6 is 0 Å². The zero-order valence-corrected chi connectivity index (χ0v) is 20.3. The number of carbonyl (C=O) groups excluding carboxylic acids is 1. The van der Waals surface area contributed by atoms with E-state index in [1.165, 1.54) is 19.2 Å². The monoisotopic (exact) mass is 473 g/mol. The fourth-order valence-electron chi connectivity index (χ4n) is 3.35. The van der Waals surface area contributed by atoms with Gasteiger partial charge in [-0.05, 0) is 61.2 Å². The van der Waals surface area contributed by atoms with Gasteiger partial charge in [0.1, 0.15) is 5.84 Å². The van der Waals surface area contributed by atoms with Gasteiger partial charge in [-0.15, -0.1) is 4.40 Å². The van der Waals surface area contributed by atoms with Crippen molar-refractivity contribution in [2.24, 2.45) is 10.3 Å². The molecule has 1 aliphatic rings. The maximum atomic E-state index is 12.7. The molecule has 0 aliphatic carbocycles. The average molecular weight is 474 g/mol. The molecule has 8 nitrogen and oxygen atoms in total. The van der Waals surface area contributed by atoms with E-state index in [1.807, 2.05) is 11.9 Å². The first-order valence-electron chi connectivity index (χ1n) is 11.0. The van der Waals surface area contributed by atoms with E-state index >= 15 is 0 Å². The molecule has 0 spiro atoms. The Labute approximate surface area is 195 Å². The molecule has 9 heteroatoms. The van der Waals surface area contributed by atoms with Crippen molar-refractivity contribution >= 4 is 27.5 Å². The molecule has 0 unspecified atom stereocenters. The maximum Gasteiger partial charge on any atom is 0.283 e. The number of likely N-dealkylation sites (tertiary alicyclic amines) is 1. The first-order valence-corrected chi connectivity index (χ1v) is 12.4. The number of nitrogens with one attached hydrogen (secondary N) is 1. The lowest BCUT2D eigenvalue weighted by Crippen LogP contribution is -2.20. The van der Waals surface area contributed by atoms with Crippen molar-refractivity contribution in [1.82, 2.24) is 4.90 Å². The molecule has 0 saturated carbocycles. The van der Waals surface area contributed by atoms with Crippen LogP contribution in [-0.4, -0.2) is 52.4 Å². The predicted molar refractivity (Wildman–Crippen MR) is 129 cm³/mol. The van der Waals surface area contributed by atoms with Crippen molar-refractivity contribution in [3.05, 3.63) is 48.0 Å². The van der Waals surface area contributed by atoms with Crippen LogP contribution in [0, 0.1) is 5.92 Å². The quantitative estimate of drug-likeness (QED) is 0.587. The fourth-order valence-corrected chi connectivity index (χ4v) is 4.44. The van der Waals surface area contributed by atoms with Crippen LogP contribution in [0.4, 0.5) is 5.69 Å². The number of amides is 1. The van der Waals surface area contributed by atoms with E-state index in [1.54, 1.807) is 30.3 Å². The summed E-state index contributed by atoms with van der Waals surface area (Å²) < 4.78 is 40.2. The number of methoxy groups -OCH3 is 1. The lowest BCUT2D eigenvalue weighted by atomic mass is 10.1. The molecule has 3 rings (SSSR count). The minimum Gasteiger partial charge on any atom is -0.493 e. The highest BCUT2D eigenvalue weighted by molar-refractivity contribution is 7.90. The van der Waals surface area contributed by atoms with Gasteiger partial charge in [0.15, 0.2) is 11.5 Å². The Morgan fingerprint density at radius 3 is 2.48 bits per heavy atom. The first kappa shape index (κ1) is 24.6. The average Bonchev–Trinajstić information content (AvgIpc) is 3.17. The largest absolute Gasteiger partial charge is 0.493 e. The van der Waals surface area contributed by atoms with Crippen LogP contribution in [0.15, 0.2) is 51.8 Å². The van der Waals surface area contributed by atoms with Crippen molar-refractivity contribution in [3.63, 3.8) is 0 Å². The fraction of sp³-hybridized carbons (Fsp3) is 0.417. The van der Waals surface area contributed by atoms with Gasteiger partial charge < -0.3 is 19.7 Å². The molecular formula is C24H31N3O5S. The number of hydrogen-bond acceptors (Lipinski definition) is 5. The molecule has 1 fully saturated rings. The van der Waals surface area contributed by atoms with E-state index in [0.29, 0.717) is 47.5 Å². The van der Waals surface area contributed by atoms with Gasteiger partial charge in [-0.3, -0.25) is 4.79 Å². The van der Waals surface area contributed by atoms with Crippen molar-refractivity contribution in [3.8, 4) is 11.5 Å². The van der Waals surface area contributed by atoms with Crippen LogP contribution in [0.1, 0.15) is 43.5 Å². The highest BCUT2D eigenvalue weighted by Crippen LogP contribution is 2.29. The number of sulfonamides is 1. The third-order valence-electron chi connectivity index (χ3n) is 5.35. The van der Waals surface area contributed by atoms with Crippen molar-refractivity contribution < 1.29 is 22.7 Å². The summed E-state index contributed by atoms with van der Waals surface area (Å²) >= 11 is 0. The molecule has 1 aliphatic heterocycles. The first-order chi connectivity index (χ1) is 15.7. The van der Waals surface area contributed by atoms with Gasteiger partial charge >= 0.3 is 0 Å². The smallest absolute Gasteiger partial charge is 0.283 e. The van der Waals surface area contributed by atoms with E-state index in [9.17, 15) is 13.2 Å². The van der Waals surface area contributed by atoms with Crippen LogP contribution < -0.4 is 14.8 Å². The van der Waals surface area contributed by atoms with Gasteiger partial charge in [0.25, 0.3) is 15.9 Å². The van der Waals surface area contributed by atoms with E-state index in [2.05, 4.69) is 23.6 Å². The highest BCUT2D eigenvalue weighted by Gasteiger charge is 2.20. The van der Waals surface area contributed by atoms with Crippen LogP contribution in [0.5, 0.6) is 11.5 Å². The topological polar surface area (TPSA) is 97.3 Å². The number of carbonyl (C=O) groups is 1. The molecule has 0 aromatic heterocycles. The van der Waals surface area contributed by atoms with Crippen LogP contribution in [0.3, 0.4) is 0 Å². The summed E-state index contributed by atoms with van der Waals surface area (Å²) in [7, 11) is -0.439. The van der Waals surface area contributed by atoms with Crippen LogP contribution in [-0.2, 0) is 10.0 Å². The Balaban J connectivity index is 1.68. The minimum absolute atomic E-state index is 0.0814. The standard InChI is InChI=1S/C24H31N3O5S/c1-17(2)13-15-32-21-12-7-18(16-22(21)31-4)24(28)25-19-8-10-20(11-9-19)33(29,30)26-23-6-5-14-27(23)3/h7-12,16-17H,5-6,13-15H2,1-4H3,(H,25,28)/b26-23-. The Kier molecular flexibility index (Phi) is 7.97. The van der Waals surface area contributed by atoms with Crippen LogP contribution in [0.25, 0.3) is 0 Å². The van der Waals surface area contributed by atoms with Crippen molar-refractivity contribution in [2.75, 3.05) is 32.6 Å². The minimum atomic E-state index is -3.80. The second-order valence-electron chi connectivity index (χ2n) is 8.38. The third kappa shape index (κ3) is 6.47. The Morgan fingerprint density at radius 1 is 1.15 bits per heavy atom. The van der Waals surface area contributed by atoms with E-state index in [-0.39, 0.29) is 10.8 Å². The molecular weight excluding hydrogens is 442 g/mol. The number of rotatable bonds is 9. The lowest BCUT2D eigenvalue weighted by Gasteiger charge is -2.13. The Morgan fingerprint density at radius 2 is 1.88 bits per heavy atom. The van der Waals surface area contributed by atoms with Gasteiger partial charge in [0.05, 0.1) is 18.6 Å². The van der Waals surface area contributed by atoms with E-state index in [4.69, 9.17) is 9.47 Å². The second kappa shape index (κ2) is 10.7. The number of nitrogens with zero attached hydrogens (tertiary/aromatic N) is 2. The molecule has 1 N–H and O–H groups in total. The number of anilines is 1. The van der Waals surface area contributed by atoms with Crippen molar-refractivity contribution in [1.29, 1.82) is 0 Å². The summed E-state index contributed by atoms with van der Waals surface area (Å²) in [6, 6.07) is 11.0. The molecule has 0 radical (unpaired) electrons. The molecule has 33 heavy (non-hydrogen) atoms. The van der Waals surface area contributed by atoms with Crippen molar-refractivity contribution in [2.45, 2.75) is 38.0 Å². The van der Waals surface area contributed by atoms with Gasteiger partial charge in [-0.1, -0.05) is 13.8 Å². The molecule has 2 aromatic carbocycles. The predicted octanol–water partition coefficient (Wildman–Crippen LogP) is 4.19. The normalized spacial score (nSPS) is 15.2. The lowest BCUT2D eigenvalue weighted by molar-refractivity contribution is 0.102. The summed E-state index contributed by atoms with van der Waals surface area (Å²) in [5.74, 6) is 1.81. The zero-order chi connectivity index (χ0) is 24.0. The van der Waals surface area contributed by atoms with Crippen LogP contribution in [0.2, 0.25) is 0 Å². The SMILES string of the molecule is COc1cc(C(=O)Nc2ccc(S(=O)(=O)/N=C3/CCCN3C)cc2)ccc1OCCC(C)C. The van der Waals surface area contributed by atoms with Gasteiger partial charge in [0.2, 0.25) is 0 Å². The van der Waals surface area contributed by atoms with Gasteiger partial charge in [-0.2, -0.15) is 8.42 Å². The Hall–Kier alpha value is -3.07. The molecule has 0 bridgehead atoms. The van der Waals surface area contributed by atoms with E-state index in [0.717, 1.165) is 19.4 Å².